The van der Waals surface area contributed by atoms with Gasteiger partial charge < -0.3 is 14.5 Å². The first-order valence-electron chi connectivity index (χ1n) is 6.17. The Hall–Kier alpha value is -1.81. The van der Waals surface area contributed by atoms with Crippen molar-refractivity contribution in [2.75, 3.05) is 11.9 Å². The first kappa shape index (κ1) is 12.6. The fourth-order valence-electron chi connectivity index (χ4n) is 1.59. The first-order valence-corrected chi connectivity index (χ1v) is 6.17. The van der Waals surface area contributed by atoms with E-state index in [4.69, 9.17) is 9.15 Å². The zero-order valence-corrected chi connectivity index (χ0v) is 10.6. The van der Waals surface area contributed by atoms with Gasteiger partial charge in [-0.25, -0.2) is 0 Å². The summed E-state index contributed by atoms with van der Waals surface area (Å²) in [4.78, 5) is 4.27. The van der Waals surface area contributed by atoms with E-state index >= 15 is 0 Å². The first-order chi connectivity index (χ1) is 8.88. The second-order valence-electron chi connectivity index (χ2n) is 4.03. The molecule has 0 aliphatic rings. The molecule has 1 N–H and O–H groups in total. The Labute approximate surface area is 107 Å². The van der Waals surface area contributed by atoms with Crippen molar-refractivity contribution in [3.8, 4) is 0 Å². The molecular weight excluding hydrogens is 228 g/mol. The van der Waals surface area contributed by atoms with E-state index in [1.54, 1.807) is 12.5 Å². The summed E-state index contributed by atoms with van der Waals surface area (Å²) < 4.78 is 10.7. The molecule has 0 saturated heterocycles. The van der Waals surface area contributed by atoms with E-state index in [1.807, 2.05) is 24.3 Å². The standard InChI is InChI=1S/C14H18N2O2/c1-2-6-15-12-5-7-16-13(9-12)10-17-11-14-4-3-8-18-14/h3-5,7-9H,2,6,10-11H2,1H3,(H,15,16). The molecule has 18 heavy (non-hydrogen) atoms. The van der Waals surface area contributed by atoms with Crippen LogP contribution in [0.4, 0.5) is 5.69 Å². The van der Waals surface area contributed by atoms with Crippen LogP contribution < -0.4 is 5.32 Å². The van der Waals surface area contributed by atoms with Crippen molar-refractivity contribution < 1.29 is 9.15 Å². The minimum Gasteiger partial charge on any atom is -0.467 e. The number of ether oxygens (including phenoxy) is 1. The maximum Gasteiger partial charge on any atom is 0.129 e. The summed E-state index contributed by atoms with van der Waals surface area (Å²) >= 11 is 0. The van der Waals surface area contributed by atoms with Gasteiger partial charge in [0.2, 0.25) is 0 Å². The molecule has 2 aromatic heterocycles. The number of rotatable bonds is 7. The van der Waals surface area contributed by atoms with Crippen molar-refractivity contribution in [1.82, 2.24) is 4.98 Å². The van der Waals surface area contributed by atoms with Crippen LogP contribution in [0.1, 0.15) is 24.8 Å². The number of nitrogens with zero attached hydrogens (tertiary/aromatic N) is 1. The summed E-state index contributed by atoms with van der Waals surface area (Å²) in [5.41, 5.74) is 2.01. The molecule has 0 saturated carbocycles. The van der Waals surface area contributed by atoms with Gasteiger partial charge in [0.15, 0.2) is 0 Å². The van der Waals surface area contributed by atoms with Crippen LogP contribution in [-0.4, -0.2) is 11.5 Å². The molecule has 0 amide bonds. The van der Waals surface area contributed by atoms with Crippen LogP contribution in [0, 0.1) is 0 Å². The SMILES string of the molecule is CCCNc1ccnc(COCc2ccco2)c1. The lowest BCUT2D eigenvalue weighted by molar-refractivity contribution is 0.0907. The van der Waals surface area contributed by atoms with Gasteiger partial charge in [-0.15, -0.1) is 0 Å². The summed E-state index contributed by atoms with van der Waals surface area (Å²) in [5, 5.41) is 3.32. The molecular formula is C14H18N2O2. The molecule has 0 atom stereocenters. The minimum absolute atomic E-state index is 0.474. The number of nitrogens with one attached hydrogen (secondary N) is 1. The predicted octanol–water partition coefficient (Wildman–Crippen LogP) is 3.21. The third kappa shape index (κ3) is 3.89. The summed E-state index contributed by atoms with van der Waals surface area (Å²) in [6.07, 6.45) is 4.54. The van der Waals surface area contributed by atoms with Crippen LogP contribution in [0.2, 0.25) is 0 Å². The van der Waals surface area contributed by atoms with Crippen LogP contribution in [0.15, 0.2) is 41.1 Å². The van der Waals surface area contributed by atoms with Crippen LogP contribution in [-0.2, 0) is 18.0 Å². The number of furan rings is 1. The lowest BCUT2D eigenvalue weighted by Crippen LogP contribution is -2.02. The maximum absolute atomic E-state index is 5.54. The molecule has 2 heterocycles. The van der Waals surface area contributed by atoms with Gasteiger partial charge in [-0.05, 0) is 30.7 Å². The van der Waals surface area contributed by atoms with E-state index in [0.29, 0.717) is 13.2 Å². The van der Waals surface area contributed by atoms with Gasteiger partial charge in [0.25, 0.3) is 0 Å². The zero-order chi connectivity index (χ0) is 12.6. The summed E-state index contributed by atoms with van der Waals surface area (Å²) in [6.45, 7) is 4.07. The highest BCUT2D eigenvalue weighted by molar-refractivity contribution is 5.42. The highest BCUT2D eigenvalue weighted by Gasteiger charge is 1.99. The largest absolute Gasteiger partial charge is 0.467 e. The van der Waals surface area contributed by atoms with Crippen LogP contribution in [0.25, 0.3) is 0 Å². The topological polar surface area (TPSA) is 47.3 Å². The summed E-state index contributed by atoms with van der Waals surface area (Å²) in [7, 11) is 0. The Kier molecular flexibility index (Phi) is 4.78. The van der Waals surface area contributed by atoms with Gasteiger partial charge in [0.1, 0.15) is 12.4 Å². The second kappa shape index (κ2) is 6.81. The predicted molar refractivity (Wildman–Crippen MR) is 70.2 cm³/mol. The monoisotopic (exact) mass is 246 g/mol. The van der Waals surface area contributed by atoms with E-state index < -0.39 is 0 Å². The highest BCUT2D eigenvalue weighted by Crippen LogP contribution is 2.10. The molecule has 0 radical (unpaired) electrons. The molecule has 0 aliphatic heterocycles. The average molecular weight is 246 g/mol. The molecule has 2 rings (SSSR count). The smallest absolute Gasteiger partial charge is 0.129 e. The molecule has 0 fully saturated rings. The quantitative estimate of drug-likeness (QED) is 0.815. The summed E-state index contributed by atoms with van der Waals surface area (Å²) in [5.74, 6) is 0.829. The Morgan fingerprint density at radius 2 is 2.28 bits per heavy atom. The third-order valence-corrected chi connectivity index (χ3v) is 2.47. The van der Waals surface area contributed by atoms with E-state index in [9.17, 15) is 0 Å². The Morgan fingerprint density at radius 3 is 3.06 bits per heavy atom. The lowest BCUT2D eigenvalue weighted by Gasteiger charge is -2.06. The maximum atomic E-state index is 5.54. The number of aromatic nitrogens is 1. The fourth-order valence-corrected chi connectivity index (χ4v) is 1.59. The molecule has 2 aromatic rings. The van der Waals surface area contributed by atoms with Crippen molar-refractivity contribution in [3.63, 3.8) is 0 Å². The highest BCUT2D eigenvalue weighted by atomic mass is 16.5. The van der Waals surface area contributed by atoms with Gasteiger partial charge in [-0.1, -0.05) is 6.92 Å². The summed E-state index contributed by atoms with van der Waals surface area (Å²) in [6, 6.07) is 7.72. The van der Waals surface area contributed by atoms with E-state index in [1.165, 1.54) is 0 Å². The van der Waals surface area contributed by atoms with Crippen LogP contribution in [0.3, 0.4) is 0 Å². The van der Waals surface area contributed by atoms with Gasteiger partial charge in [0, 0.05) is 18.4 Å². The Balaban J connectivity index is 1.81. The number of pyridine rings is 1. The number of anilines is 1. The molecule has 4 heteroatoms. The van der Waals surface area contributed by atoms with Gasteiger partial charge in [-0.2, -0.15) is 0 Å². The Morgan fingerprint density at radius 1 is 1.33 bits per heavy atom. The molecule has 0 spiro atoms. The Bertz CT molecular complexity index is 455. The molecule has 4 nitrogen and oxygen atoms in total. The number of hydrogen-bond donors (Lipinski definition) is 1. The van der Waals surface area contributed by atoms with Crippen molar-refractivity contribution >= 4 is 5.69 Å². The van der Waals surface area contributed by atoms with Crippen molar-refractivity contribution in [1.29, 1.82) is 0 Å². The number of hydrogen-bond acceptors (Lipinski definition) is 4. The van der Waals surface area contributed by atoms with Crippen molar-refractivity contribution in [2.24, 2.45) is 0 Å². The van der Waals surface area contributed by atoms with Gasteiger partial charge >= 0.3 is 0 Å². The molecule has 96 valence electrons. The second-order valence-corrected chi connectivity index (χ2v) is 4.03. The van der Waals surface area contributed by atoms with Crippen LogP contribution in [0.5, 0.6) is 0 Å². The van der Waals surface area contributed by atoms with E-state index in [0.717, 1.165) is 30.1 Å². The minimum atomic E-state index is 0.474. The fraction of sp³-hybridized carbons (Fsp3) is 0.357. The van der Waals surface area contributed by atoms with E-state index in [-0.39, 0.29) is 0 Å². The average Bonchev–Trinajstić information content (AvgIpc) is 2.90. The van der Waals surface area contributed by atoms with Crippen molar-refractivity contribution in [2.45, 2.75) is 26.6 Å². The molecule has 0 aromatic carbocycles. The molecule has 0 unspecified atom stereocenters. The third-order valence-electron chi connectivity index (χ3n) is 2.47. The molecule has 0 aliphatic carbocycles. The lowest BCUT2D eigenvalue weighted by atomic mass is 10.3. The van der Waals surface area contributed by atoms with Gasteiger partial charge in [0.05, 0.1) is 18.6 Å². The van der Waals surface area contributed by atoms with Gasteiger partial charge in [-0.3, -0.25) is 4.98 Å². The van der Waals surface area contributed by atoms with E-state index in [2.05, 4.69) is 17.2 Å². The normalized spacial score (nSPS) is 10.5. The zero-order valence-electron chi connectivity index (χ0n) is 10.6. The van der Waals surface area contributed by atoms with Crippen molar-refractivity contribution in [3.05, 3.63) is 48.2 Å². The van der Waals surface area contributed by atoms with Crippen LogP contribution >= 0.6 is 0 Å². The molecule has 0 bridgehead atoms.